The van der Waals surface area contributed by atoms with Crippen LogP contribution in [-0.2, 0) is 20.5 Å². The highest BCUT2D eigenvalue weighted by atomic mass is 19.1. The number of carbonyl (C=O) groups excluding carboxylic acids is 1. The molecule has 1 aromatic carbocycles. The lowest BCUT2D eigenvalue weighted by atomic mass is 9.96. The van der Waals surface area contributed by atoms with Crippen LogP contribution >= 0.6 is 0 Å². The largest absolute Gasteiger partial charge is 0.337 e. The van der Waals surface area contributed by atoms with Crippen molar-refractivity contribution in [1.82, 2.24) is 18.9 Å². The number of carbonyl (C=O) groups is 1. The van der Waals surface area contributed by atoms with Crippen LogP contribution in [0.3, 0.4) is 0 Å². The van der Waals surface area contributed by atoms with E-state index in [1.165, 1.54) is 30.8 Å². The van der Waals surface area contributed by atoms with Crippen LogP contribution in [0.4, 0.5) is 4.39 Å². The molecule has 1 atom stereocenters. The molecule has 0 saturated carbocycles. The van der Waals surface area contributed by atoms with E-state index >= 15 is 0 Å². The van der Waals surface area contributed by atoms with Gasteiger partial charge in [0.05, 0.1) is 0 Å². The van der Waals surface area contributed by atoms with Crippen LogP contribution in [0, 0.1) is 11.7 Å². The smallest absolute Gasteiger partial charge is 0.331 e. The van der Waals surface area contributed by atoms with Crippen LogP contribution in [0.1, 0.15) is 35.8 Å². The summed E-state index contributed by atoms with van der Waals surface area (Å²) in [5.41, 5.74) is 0.115. The number of nitrogens with zero attached hydrogens (tertiary/aromatic N) is 4. The first-order valence-corrected chi connectivity index (χ1v) is 10.8. The number of rotatable bonds is 7. The Morgan fingerprint density at radius 3 is 2.68 bits per heavy atom. The lowest BCUT2D eigenvalue weighted by Crippen LogP contribution is -2.46. The number of benzene rings is 1. The maximum Gasteiger partial charge on any atom is 0.331 e. The Morgan fingerprint density at radius 1 is 1.19 bits per heavy atom. The standard InChI is InChI=1S/C23H31FN4O3/c1-4-28(22(30)20-14-21(29)26(3)23(31)25(20)2)16-18-8-6-11-27(15-18)12-10-17-7-5-9-19(24)13-17/h5,7,9,13-14,18H,4,6,8,10-12,15-16H2,1-3H3/t18-/m1/s1. The van der Waals surface area contributed by atoms with Gasteiger partial charge < -0.3 is 9.80 Å². The summed E-state index contributed by atoms with van der Waals surface area (Å²) in [5.74, 6) is -0.193. The molecule has 1 saturated heterocycles. The first kappa shape index (κ1) is 22.9. The minimum absolute atomic E-state index is 0.119. The van der Waals surface area contributed by atoms with E-state index in [0.29, 0.717) is 19.0 Å². The highest BCUT2D eigenvalue weighted by Gasteiger charge is 2.25. The van der Waals surface area contributed by atoms with Crippen molar-refractivity contribution >= 4 is 5.91 Å². The Bertz CT molecular complexity index is 1050. The van der Waals surface area contributed by atoms with E-state index in [1.807, 2.05) is 13.0 Å². The molecule has 0 spiro atoms. The summed E-state index contributed by atoms with van der Waals surface area (Å²) in [6.45, 7) is 5.70. The Morgan fingerprint density at radius 2 is 1.97 bits per heavy atom. The van der Waals surface area contributed by atoms with Crippen LogP contribution in [0.15, 0.2) is 39.9 Å². The fourth-order valence-electron chi connectivity index (χ4n) is 4.25. The van der Waals surface area contributed by atoms with Crippen LogP contribution < -0.4 is 11.2 Å². The Kier molecular flexibility index (Phi) is 7.43. The quantitative estimate of drug-likeness (QED) is 0.670. The van der Waals surface area contributed by atoms with Crippen molar-refractivity contribution in [2.45, 2.75) is 26.2 Å². The maximum atomic E-state index is 13.4. The molecule has 31 heavy (non-hydrogen) atoms. The average molecular weight is 431 g/mol. The molecule has 1 amide bonds. The summed E-state index contributed by atoms with van der Waals surface area (Å²) in [4.78, 5) is 41.4. The van der Waals surface area contributed by atoms with E-state index in [2.05, 4.69) is 4.90 Å². The van der Waals surface area contributed by atoms with Crippen LogP contribution in [0.2, 0.25) is 0 Å². The van der Waals surface area contributed by atoms with E-state index in [4.69, 9.17) is 0 Å². The van der Waals surface area contributed by atoms with E-state index in [9.17, 15) is 18.8 Å². The normalized spacial score (nSPS) is 17.0. The number of hydrogen-bond donors (Lipinski definition) is 0. The number of piperidine rings is 1. The van der Waals surface area contributed by atoms with Crippen molar-refractivity contribution in [3.8, 4) is 0 Å². The topological polar surface area (TPSA) is 67.6 Å². The van der Waals surface area contributed by atoms with Crippen molar-refractivity contribution < 1.29 is 9.18 Å². The number of aromatic nitrogens is 2. The second-order valence-corrected chi connectivity index (χ2v) is 8.30. The van der Waals surface area contributed by atoms with E-state index < -0.39 is 11.2 Å². The predicted molar refractivity (Wildman–Crippen MR) is 118 cm³/mol. The van der Waals surface area contributed by atoms with Gasteiger partial charge in [0.15, 0.2) is 0 Å². The summed E-state index contributed by atoms with van der Waals surface area (Å²) in [6.07, 6.45) is 2.86. The van der Waals surface area contributed by atoms with Gasteiger partial charge in [-0.2, -0.15) is 0 Å². The van der Waals surface area contributed by atoms with Crippen LogP contribution in [0.25, 0.3) is 0 Å². The molecule has 0 unspecified atom stereocenters. The molecular weight excluding hydrogens is 399 g/mol. The molecule has 0 radical (unpaired) electrons. The molecule has 7 nitrogen and oxygen atoms in total. The molecule has 168 valence electrons. The van der Waals surface area contributed by atoms with Gasteiger partial charge in [-0.3, -0.25) is 18.7 Å². The molecule has 2 aromatic rings. The summed E-state index contributed by atoms with van der Waals surface area (Å²) in [7, 11) is 2.91. The van der Waals surface area contributed by atoms with Crippen molar-refractivity contribution in [3.63, 3.8) is 0 Å². The second kappa shape index (κ2) is 10.0. The molecule has 1 aromatic heterocycles. The van der Waals surface area contributed by atoms with Gasteiger partial charge in [0.2, 0.25) is 0 Å². The molecule has 3 rings (SSSR count). The minimum atomic E-state index is -0.506. The molecule has 0 aliphatic carbocycles. The minimum Gasteiger partial charge on any atom is -0.337 e. The van der Waals surface area contributed by atoms with E-state index in [-0.39, 0.29) is 17.4 Å². The molecule has 1 aliphatic rings. The summed E-state index contributed by atoms with van der Waals surface area (Å²) in [5, 5.41) is 0. The van der Waals surface area contributed by atoms with Gasteiger partial charge in [-0.1, -0.05) is 12.1 Å². The first-order valence-electron chi connectivity index (χ1n) is 10.8. The highest BCUT2D eigenvalue weighted by Crippen LogP contribution is 2.19. The number of amides is 1. The van der Waals surface area contributed by atoms with Gasteiger partial charge in [-0.15, -0.1) is 0 Å². The summed E-state index contributed by atoms with van der Waals surface area (Å²) < 4.78 is 15.6. The van der Waals surface area contributed by atoms with Crippen molar-refractivity contribution in [2.75, 3.05) is 32.7 Å². The molecule has 0 bridgehead atoms. The monoisotopic (exact) mass is 430 g/mol. The molecule has 1 fully saturated rings. The molecule has 8 heteroatoms. The van der Waals surface area contributed by atoms with Gasteiger partial charge in [-0.25, -0.2) is 9.18 Å². The SMILES string of the molecule is CCN(C[C@@H]1CCCN(CCc2cccc(F)c2)C1)C(=O)c1cc(=O)n(C)c(=O)n1C. The van der Waals surface area contributed by atoms with Crippen molar-refractivity contribution in [2.24, 2.45) is 20.0 Å². The van der Waals surface area contributed by atoms with Gasteiger partial charge in [0.1, 0.15) is 11.5 Å². The van der Waals surface area contributed by atoms with Crippen molar-refractivity contribution in [3.05, 3.63) is 68.2 Å². The van der Waals surface area contributed by atoms with Gasteiger partial charge >= 0.3 is 5.69 Å². The molecular formula is C23H31FN4O3. The Labute approximate surface area is 181 Å². The average Bonchev–Trinajstić information content (AvgIpc) is 2.77. The van der Waals surface area contributed by atoms with Crippen LogP contribution in [-0.4, -0.2) is 57.6 Å². The van der Waals surface area contributed by atoms with Gasteiger partial charge in [0.25, 0.3) is 11.5 Å². The maximum absolute atomic E-state index is 13.4. The number of hydrogen-bond acceptors (Lipinski definition) is 4. The second-order valence-electron chi connectivity index (χ2n) is 8.30. The van der Waals surface area contributed by atoms with Gasteiger partial charge in [-0.05, 0) is 56.3 Å². The Hall–Kier alpha value is -2.74. The molecule has 1 aliphatic heterocycles. The first-order chi connectivity index (χ1) is 14.8. The number of halogens is 1. The third kappa shape index (κ3) is 5.50. The van der Waals surface area contributed by atoms with E-state index in [1.54, 1.807) is 17.0 Å². The van der Waals surface area contributed by atoms with Crippen LogP contribution in [0.5, 0.6) is 0 Å². The van der Waals surface area contributed by atoms with E-state index in [0.717, 1.165) is 49.0 Å². The zero-order valence-electron chi connectivity index (χ0n) is 18.5. The lowest BCUT2D eigenvalue weighted by molar-refractivity contribution is 0.0679. The third-order valence-corrected chi connectivity index (χ3v) is 6.10. The lowest BCUT2D eigenvalue weighted by Gasteiger charge is -2.35. The number of likely N-dealkylation sites (tertiary alicyclic amines) is 1. The van der Waals surface area contributed by atoms with Gasteiger partial charge in [0, 0.05) is 46.3 Å². The predicted octanol–water partition coefficient (Wildman–Crippen LogP) is 1.64. The molecule has 0 N–H and O–H groups in total. The van der Waals surface area contributed by atoms with Crippen molar-refractivity contribution in [1.29, 1.82) is 0 Å². The zero-order valence-corrected chi connectivity index (χ0v) is 18.5. The highest BCUT2D eigenvalue weighted by molar-refractivity contribution is 5.92. The third-order valence-electron chi connectivity index (χ3n) is 6.10. The zero-order chi connectivity index (χ0) is 22.5. The summed E-state index contributed by atoms with van der Waals surface area (Å²) >= 11 is 0. The molecule has 2 heterocycles. The Balaban J connectivity index is 1.64. The summed E-state index contributed by atoms with van der Waals surface area (Å²) in [6, 6.07) is 7.94. The fourth-order valence-corrected chi connectivity index (χ4v) is 4.25. The fraction of sp³-hybridized carbons (Fsp3) is 0.522.